The van der Waals surface area contributed by atoms with E-state index in [1.807, 2.05) is 48.5 Å². The van der Waals surface area contributed by atoms with Crippen molar-refractivity contribution in [1.82, 2.24) is 30.3 Å². The summed E-state index contributed by atoms with van der Waals surface area (Å²) in [5.74, 6) is 0.442. The SMILES string of the molecule is COc1nc(-c2cccc(-c3cccc(-c4ccn5c(=O)c(CNCCO)cnc5c4)c3Cl)c2Cl)cc(Cl)c1CNC[C@H]1CCC(=O)N1. The largest absolute Gasteiger partial charge is 0.481 e. The monoisotopic (exact) mass is 706 g/mol. The molecule has 1 saturated heterocycles. The normalized spacial score (nSPS) is 14.4. The second kappa shape index (κ2) is 15.0. The average Bonchev–Trinajstić information content (AvgIpc) is 3.51. The van der Waals surface area contributed by atoms with Gasteiger partial charge in [0.05, 0.1) is 34.5 Å². The number of carbonyl (C=O) groups is 1. The summed E-state index contributed by atoms with van der Waals surface area (Å²) in [4.78, 5) is 33.8. The molecule has 0 unspecified atom stereocenters. The van der Waals surface area contributed by atoms with Crippen LogP contribution in [0.5, 0.6) is 5.88 Å². The van der Waals surface area contributed by atoms with Gasteiger partial charge in [0.25, 0.3) is 5.56 Å². The molecule has 5 aromatic rings. The number of hydrogen-bond acceptors (Lipinski definition) is 8. The van der Waals surface area contributed by atoms with E-state index in [2.05, 4.69) is 20.9 Å². The van der Waals surface area contributed by atoms with E-state index in [-0.39, 0.29) is 24.1 Å². The van der Waals surface area contributed by atoms with Crippen LogP contribution in [-0.2, 0) is 17.9 Å². The highest BCUT2D eigenvalue weighted by molar-refractivity contribution is 6.39. The number of fused-ring (bicyclic) bond motifs is 1. The number of aliphatic hydroxyl groups excluding tert-OH is 1. The molecule has 0 spiro atoms. The van der Waals surface area contributed by atoms with Gasteiger partial charge in [-0.25, -0.2) is 9.97 Å². The Labute approximate surface area is 292 Å². The molecule has 248 valence electrons. The third kappa shape index (κ3) is 7.05. The quantitative estimate of drug-likeness (QED) is 0.125. The molecule has 48 heavy (non-hydrogen) atoms. The van der Waals surface area contributed by atoms with Crippen molar-refractivity contribution in [3.8, 4) is 39.4 Å². The first-order chi connectivity index (χ1) is 23.3. The summed E-state index contributed by atoms with van der Waals surface area (Å²) in [5.41, 5.74) is 5.65. The molecule has 0 aliphatic carbocycles. The van der Waals surface area contributed by atoms with E-state index in [9.17, 15) is 9.59 Å². The molecule has 6 rings (SSSR count). The van der Waals surface area contributed by atoms with Gasteiger partial charge >= 0.3 is 0 Å². The van der Waals surface area contributed by atoms with Crippen LogP contribution in [0.15, 0.2) is 71.8 Å². The first-order valence-electron chi connectivity index (χ1n) is 15.4. The van der Waals surface area contributed by atoms with Crippen LogP contribution in [0, 0.1) is 0 Å². The van der Waals surface area contributed by atoms with Crippen molar-refractivity contribution < 1.29 is 14.6 Å². The Morgan fingerprint density at radius 3 is 2.42 bits per heavy atom. The first-order valence-corrected chi connectivity index (χ1v) is 16.6. The van der Waals surface area contributed by atoms with Crippen molar-refractivity contribution in [1.29, 1.82) is 0 Å². The van der Waals surface area contributed by atoms with Crippen LogP contribution in [-0.4, -0.2) is 58.2 Å². The number of nitrogens with zero attached hydrogens (tertiary/aromatic N) is 3. The number of benzene rings is 2. The molecule has 0 bridgehead atoms. The van der Waals surface area contributed by atoms with Gasteiger partial charge in [0.1, 0.15) is 5.65 Å². The molecule has 1 atom stereocenters. The minimum atomic E-state index is -0.186. The van der Waals surface area contributed by atoms with Crippen LogP contribution in [0.4, 0.5) is 0 Å². The molecule has 1 aliphatic heterocycles. The van der Waals surface area contributed by atoms with Gasteiger partial charge in [0.15, 0.2) is 0 Å². The molecule has 2 aromatic carbocycles. The molecular weight excluding hydrogens is 675 g/mol. The minimum Gasteiger partial charge on any atom is -0.481 e. The molecule has 0 saturated carbocycles. The third-order valence-electron chi connectivity index (χ3n) is 8.26. The number of methoxy groups -OCH3 is 1. The molecule has 4 heterocycles. The molecule has 13 heteroatoms. The number of aliphatic hydroxyl groups is 1. The Kier molecular flexibility index (Phi) is 10.6. The molecule has 1 amide bonds. The Bertz CT molecular complexity index is 2050. The summed E-state index contributed by atoms with van der Waals surface area (Å²) in [6, 6.07) is 16.8. The molecule has 4 N–H and O–H groups in total. The smallest absolute Gasteiger partial charge is 0.262 e. The lowest BCUT2D eigenvalue weighted by atomic mass is 9.97. The number of pyridine rings is 2. The third-order valence-corrected chi connectivity index (χ3v) is 9.41. The topological polar surface area (TPSA) is 130 Å². The van der Waals surface area contributed by atoms with Crippen LogP contribution >= 0.6 is 34.8 Å². The molecular formula is C35H33Cl3N6O4. The van der Waals surface area contributed by atoms with Gasteiger partial charge in [-0.05, 0) is 30.2 Å². The lowest BCUT2D eigenvalue weighted by Gasteiger charge is -2.17. The number of amides is 1. The van der Waals surface area contributed by atoms with Crippen molar-refractivity contribution in [2.45, 2.75) is 32.0 Å². The fourth-order valence-corrected chi connectivity index (χ4v) is 6.70. The van der Waals surface area contributed by atoms with E-state index in [4.69, 9.17) is 49.6 Å². The second-order valence-corrected chi connectivity index (χ2v) is 12.5. The van der Waals surface area contributed by atoms with E-state index in [0.717, 1.165) is 23.1 Å². The zero-order valence-corrected chi connectivity index (χ0v) is 28.3. The van der Waals surface area contributed by atoms with E-state index in [1.165, 1.54) is 4.40 Å². The summed E-state index contributed by atoms with van der Waals surface area (Å²) in [6.07, 6.45) is 4.56. The Morgan fingerprint density at radius 2 is 1.71 bits per heavy atom. The lowest BCUT2D eigenvalue weighted by Crippen LogP contribution is -2.35. The number of rotatable bonds is 12. The first kappa shape index (κ1) is 33.9. The van der Waals surface area contributed by atoms with Gasteiger partial charge in [0, 0.05) is 84.4 Å². The molecule has 1 aliphatic rings. The summed E-state index contributed by atoms with van der Waals surface area (Å²) in [5, 5.41) is 19.7. The Hall–Kier alpha value is -4.03. The van der Waals surface area contributed by atoms with Gasteiger partial charge in [-0.15, -0.1) is 0 Å². The summed E-state index contributed by atoms with van der Waals surface area (Å²) in [6.45, 7) is 1.70. The summed E-state index contributed by atoms with van der Waals surface area (Å²) < 4.78 is 7.11. The van der Waals surface area contributed by atoms with Gasteiger partial charge in [0.2, 0.25) is 11.8 Å². The molecule has 0 radical (unpaired) electrons. The highest BCUT2D eigenvalue weighted by Crippen LogP contribution is 2.43. The average molecular weight is 708 g/mol. The predicted molar refractivity (Wildman–Crippen MR) is 189 cm³/mol. The Morgan fingerprint density at radius 1 is 0.979 bits per heavy atom. The zero-order chi connectivity index (χ0) is 33.8. The van der Waals surface area contributed by atoms with Crippen LogP contribution < -0.4 is 26.2 Å². The van der Waals surface area contributed by atoms with E-state index < -0.39 is 0 Å². The number of halogens is 3. The standard InChI is InChI=1S/C35H33Cl3N6O4/c1-48-34-27(19-40-18-22-8-9-31(46)42-22)28(36)15-29(43-34)26-7-3-6-25(33(26)38)24-5-2-4-23(32(24)37)20-10-12-44-30(14-20)41-17-21(35(44)47)16-39-11-13-45/h2-7,10,12,14-15,17,22,39-40,45H,8-9,11,13,16,18-19H2,1H3,(H,42,46)/t22-/m1/s1. The van der Waals surface area contributed by atoms with E-state index >= 15 is 0 Å². The number of ether oxygens (including phenoxy) is 1. The molecule has 10 nitrogen and oxygen atoms in total. The van der Waals surface area contributed by atoms with E-state index in [1.54, 1.807) is 25.6 Å². The van der Waals surface area contributed by atoms with Gasteiger partial charge < -0.3 is 25.8 Å². The lowest BCUT2D eigenvalue weighted by molar-refractivity contribution is -0.119. The highest BCUT2D eigenvalue weighted by Gasteiger charge is 2.22. The van der Waals surface area contributed by atoms with Crippen molar-refractivity contribution in [2.75, 3.05) is 26.8 Å². The van der Waals surface area contributed by atoms with Crippen molar-refractivity contribution in [3.63, 3.8) is 0 Å². The summed E-state index contributed by atoms with van der Waals surface area (Å²) >= 11 is 20.9. The zero-order valence-electron chi connectivity index (χ0n) is 26.0. The van der Waals surface area contributed by atoms with Crippen molar-refractivity contribution in [2.24, 2.45) is 0 Å². The van der Waals surface area contributed by atoms with Crippen LogP contribution in [0.3, 0.4) is 0 Å². The second-order valence-electron chi connectivity index (χ2n) is 11.4. The van der Waals surface area contributed by atoms with Crippen LogP contribution in [0.25, 0.3) is 39.2 Å². The van der Waals surface area contributed by atoms with Gasteiger partial charge in [-0.2, -0.15) is 0 Å². The Balaban J connectivity index is 1.29. The van der Waals surface area contributed by atoms with Gasteiger partial charge in [-0.3, -0.25) is 14.0 Å². The van der Waals surface area contributed by atoms with Crippen LogP contribution in [0.2, 0.25) is 15.1 Å². The fourth-order valence-electron chi connectivity index (χ4n) is 5.79. The maximum absolute atomic E-state index is 13.0. The number of aromatic nitrogens is 3. The highest BCUT2D eigenvalue weighted by atomic mass is 35.5. The number of nitrogens with one attached hydrogen (secondary N) is 3. The van der Waals surface area contributed by atoms with Crippen LogP contribution in [0.1, 0.15) is 24.0 Å². The maximum atomic E-state index is 13.0. The molecule has 3 aromatic heterocycles. The fraction of sp³-hybridized carbons (Fsp3) is 0.257. The minimum absolute atomic E-state index is 0.0170. The predicted octanol–water partition coefficient (Wildman–Crippen LogP) is 5.51. The maximum Gasteiger partial charge on any atom is 0.262 e. The molecule has 1 fully saturated rings. The van der Waals surface area contributed by atoms with Crippen molar-refractivity contribution >= 4 is 46.4 Å². The number of carbonyl (C=O) groups excluding carboxylic acids is 1. The van der Waals surface area contributed by atoms with E-state index in [0.29, 0.717) is 87.1 Å². The number of hydrogen-bond donors (Lipinski definition) is 4. The van der Waals surface area contributed by atoms with Crippen molar-refractivity contribution in [3.05, 3.63) is 104 Å². The summed E-state index contributed by atoms with van der Waals surface area (Å²) in [7, 11) is 1.54. The van der Waals surface area contributed by atoms with Gasteiger partial charge in [-0.1, -0.05) is 71.2 Å².